The molecule has 0 amide bonds. The Labute approximate surface area is 183 Å². The minimum Gasteiger partial charge on any atom is -0.465 e. The zero-order valence-electron chi connectivity index (χ0n) is 18.3. The first-order valence-electron chi connectivity index (χ1n) is 10.3. The summed E-state index contributed by atoms with van der Waals surface area (Å²) >= 11 is 0. The average molecular weight is 411 g/mol. The van der Waals surface area contributed by atoms with Gasteiger partial charge in [-0.05, 0) is 38.5 Å². The number of ether oxygens (including phenoxy) is 1. The third-order valence-electron chi connectivity index (χ3n) is 5.52. The number of rotatable bonds is 5. The Hall–Kier alpha value is -3.66. The molecule has 4 nitrogen and oxygen atoms in total. The van der Waals surface area contributed by atoms with Crippen molar-refractivity contribution in [3.63, 3.8) is 0 Å². The van der Waals surface area contributed by atoms with Gasteiger partial charge in [0.05, 0.1) is 30.6 Å². The summed E-state index contributed by atoms with van der Waals surface area (Å²) in [5.41, 5.74) is 9.39. The van der Waals surface area contributed by atoms with Crippen molar-refractivity contribution >= 4 is 5.97 Å². The summed E-state index contributed by atoms with van der Waals surface area (Å²) in [6.07, 6.45) is 0. The number of methoxy groups -OCH3 is 1. The van der Waals surface area contributed by atoms with Gasteiger partial charge < -0.3 is 4.74 Å². The fourth-order valence-corrected chi connectivity index (χ4v) is 3.82. The third-order valence-corrected chi connectivity index (χ3v) is 5.52. The summed E-state index contributed by atoms with van der Waals surface area (Å²) in [5.74, 6) is -0.336. The van der Waals surface area contributed by atoms with E-state index in [-0.39, 0.29) is 5.97 Å². The van der Waals surface area contributed by atoms with Crippen LogP contribution in [0.15, 0.2) is 72.8 Å². The Morgan fingerprint density at radius 1 is 0.871 bits per heavy atom. The molecule has 0 bridgehead atoms. The summed E-state index contributed by atoms with van der Waals surface area (Å²) in [7, 11) is 1.40. The Kier molecular flexibility index (Phi) is 5.72. The molecule has 31 heavy (non-hydrogen) atoms. The first-order valence-corrected chi connectivity index (χ1v) is 10.3. The van der Waals surface area contributed by atoms with Crippen LogP contribution in [0.25, 0.3) is 22.5 Å². The van der Waals surface area contributed by atoms with E-state index in [0.717, 1.165) is 33.6 Å². The van der Waals surface area contributed by atoms with Crippen molar-refractivity contribution in [2.24, 2.45) is 0 Å². The molecule has 4 heteroatoms. The number of esters is 1. The van der Waals surface area contributed by atoms with Gasteiger partial charge in [0.15, 0.2) is 0 Å². The van der Waals surface area contributed by atoms with Gasteiger partial charge in [0.2, 0.25) is 0 Å². The van der Waals surface area contributed by atoms with E-state index >= 15 is 0 Å². The van der Waals surface area contributed by atoms with Crippen LogP contribution in [0.2, 0.25) is 0 Å². The van der Waals surface area contributed by atoms with E-state index in [2.05, 4.69) is 69.3 Å². The highest BCUT2D eigenvalue weighted by atomic mass is 16.5. The van der Waals surface area contributed by atoms with E-state index in [4.69, 9.17) is 9.84 Å². The van der Waals surface area contributed by atoms with Crippen LogP contribution in [0.3, 0.4) is 0 Å². The lowest BCUT2D eigenvalue weighted by atomic mass is 10.0. The molecule has 4 rings (SSSR count). The fraction of sp³-hybridized carbons (Fsp3) is 0.185. The predicted octanol–water partition coefficient (Wildman–Crippen LogP) is 5.98. The van der Waals surface area contributed by atoms with Gasteiger partial charge in [-0.25, -0.2) is 4.79 Å². The first kappa shape index (κ1) is 20.6. The molecule has 1 aromatic heterocycles. The average Bonchev–Trinajstić information content (AvgIpc) is 3.10. The molecular formula is C27H26N2O2. The topological polar surface area (TPSA) is 44.1 Å². The van der Waals surface area contributed by atoms with E-state index in [1.165, 1.54) is 18.2 Å². The van der Waals surface area contributed by atoms with Crippen LogP contribution in [-0.4, -0.2) is 22.9 Å². The van der Waals surface area contributed by atoms with Gasteiger partial charge in [0, 0.05) is 16.7 Å². The van der Waals surface area contributed by atoms with Crippen molar-refractivity contribution in [2.75, 3.05) is 7.11 Å². The second-order valence-electron chi connectivity index (χ2n) is 7.90. The molecule has 0 aliphatic heterocycles. The molecule has 0 saturated heterocycles. The Balaban J connectivity index is 1.82. The highest BCUT2D eigenvalue weighted by molar-refractivity contribution is 5.89. The Morgan fingerprint density at radius 2 is 1.48 bits per heavy atom. The van der Waals surface area contributed by atoms with Gasteiger partial charge in [-0.3, -0.25) is 4.68 Å². The largest absolute Gasteiger partial charge is 0.465 e. The lowest BCUT2D eigenvalue weighted by Gasteiger charge is -2.10. The molecule has 0 aliphatic rings. The highest BCUT2D eigenvalue weighted by Crippen LogP contribution is 2.32. The number of hydrogen-bond donors (Lipinski definition) is 0. The van der Waals surface area contributed by atoms with Gasteiger partial charge in [-0.2, -0.15) is 5.10 Å². The Morgan fingerprint density at radius 3 is 2.10 bits per heavy atom. The smallest absolute Gasteiger partial charge is 0.337 e. The molecule has 3 aromatic carbocycles. The second-order valence-corrected chi connectivity index (χ2v) is 7.90. The number of aromatic nitrogens is 2. The minimum atomic E-state index is -0.336. The maximum Gasteiger partial charge on any atom is 0.337 e. The molecular weight excluding hydrogens is 384 g/mol. The van der Waals surface area contributed by atoms with E-state index in [1.807, 2.05) is 22.9 Å². The van der Waals surface area contributed by atoms with E-state index in [1.54, 1.807) is 6.07 Å². The molecule has 0 N–H and O–H groups in total. The van der Waals surface area contributed by atoms with Crippen molar-refractivity contribution in [1.82, 2.24) is 9.78 Å². The molecule has 4 aromatic rings. The number of benzene rings is 3. The van der Waals surface area contributed by atoms with E-state index < -0.39 is 0 Å². The van der Waals surface area contributed by atoms with Crippen molar-refractivity contribution < 1.29 is 9.53 Å². The van der Waals surface area contributed by atoms with Gasteiger partial charge in [-0.15, -0.1) is 0 Å². The van der Waals surface area contributed by atoms with Crippen LogP contribution >= 0.6 is 0 Å². The van der Waals surface area contributed by atoms with Crippen molar-refractivity contribution in [3.8, 4) is 22.5 Å². The van der Waals surface area contributed by atoms with E-state index in [0.29, 0.717) is 12.1 Å². The van der Waals surface area contributed by atoms with Gasteiger partial charge in [-0.1, -0.05) is 71.8 Å². The lowest BCUT2D eigenvalue weighted by Crippen LogP contribution is -2.06. The number of nitrogens with zero attached hydrogens (tertiary/aromatic N) is 2. The first-order chi connectivity index (χ1) is 15.0. The normalized spacial score (nSPS) is 10.8. The zero-order chi connectivity index (χ0) is 22.0. The van der Waals surface area contributed by atoms with Gasteiger partial charge >= 0.3 is 5.97 Å². The molecule has 0 atom stereocenters. The highest BCUT2D eigenvalue weighted by Gasteiger charge is 2.18. The summed E-state index contributed by atoms with van der Waals surface area (Å²) < 4.78 is 6.91. The number of aryl methyl sites for hydroxylation is 2. The van der Waals surface area contributed by atoms with Crippen LogP contribution in [0.5, 0.6) is 0 Å². The summed E-state index contributed by atoms with van der Waals surface area (Å²) in [6.45, 7) is 6.85. The second kappa shape index (κ2) is 8.60. The minimum absolute atomic E-state index is 0.336. The fourth-order valence-electron chi connectivity index (χ4n) is 3.82. The quantitative estimate of drug-likeness (QED) is 0.380. The molecule has 0 aliphatic carbocycles. The molecule has 0 radical (unpaired) electrons. The maximum absolute atomic E-state index is 12.0. The van der Waals surface area contributed by atoms with Crippen LogP contribution < -0.4 is 0 Å². The lowest BCUT2D eigenvalue weighted by molar-refractivity contribution is 0.0600. The van der Waals surface area contributed by atoms with Gasteiger partial charge in [0.1, 0.15) is 0 Å². The molecule has 1 heterocycles. The molecule has 156 valence electrons. The van der Waals surface area contributed by atoms with Crippen LogP contribution in [-0.2, 0) is 11.3 Å². The SMILES string of the molecule is COC(=O)c1cccc(Cn2nc(-c3ccc(C)cc3)c(C)c2-c2ccc(C)cc2)c1. The molecule has 0 saturated carbocycles. The molecule has 0 fully saturated rings. The number of hydrogen-bond acceptors (Lipinski definition) is 3. The zero-order valence-corrected chi connectivity index (χ0v) is 18.3. The van der Waals surface area contributed by atoms with Crippen molar-refractivity contribution in [2.45, 2.75) is 27.3 Å². The van der Waals surface area contributed by atoms with E-state index in [9.17, 15) is 4.79 Å². The summed E-state index contributed by atoms with van der Waals surface area (Å²) in [4.78, 5) is 12.0. The predicted molar refractivity (Wildman–Crippen MR) is 124 cm³/mol. The number of carbonyl (C=O) groups excluding carboxylic acids is 1. The number of carbonyl (C=O) groups is 1. The summed E-state index contributed by atoms with van der Waals surface area (Å²) in [6, 6.07) is 24.5. The van der Waals surface area contributed by atoms with Crippen molar-refractivity contribution in [3.05, 3.63) is 101 Å². The standard InChI is InChI=1S/C27H26N2O2/c1-18-8-12-22(13-9-18)25-20(3)26(23-14-10-19(2)11-15-23)29(28-25)17-21-6-5-7-24(16-21)27(30)31-4/h5-16H,17H2,1-4H3. The third kappa shape index (κ3) is 4.29. The maximum atomic E-state index is 12.0. The van der Waals surface area contributed by atoms with Gasteiger partial charge in [0.25, 0.3) is 0 Å². The Bertz CT molecular complexity index is 1220. The van der Waals surface area contributed by atoms with Crippen LogP contribution in [0.4, 0.5) is 0 Å². The molecule has 0 spiro atoms. The monoisotopic (exact) mass is 410 g/mol. The van der Waals surface area contributed by atoms with Crippen LogP contribution in [0, 0.1) is 20.8 Å². The van der Waals surface area contributed by atoms with Crippen LogP contribution in [0.1, 0.15) is 32.6 Å². The summed E-state index contributed by atoms with van der Waals surface area (Å²) in [5, 5.41) is 5.00. The molecule has 0 unspecified atom stereocenters. The van der Waals surface area contributed by atoms with Crippen molar-refractivity contribution in [1.29, 1.82) is 0 Å².